The van der Waals surface area contributed by atoms with E-state index in [9.17, 15) is 20.4 Å². The molecular formula is C12H19N3O7. The van der Waals surface area contributed by atoms with E-state index >= 15 is 0 Å². The third-order valence-electron chi connectivity index (χ3n) is 3.86. The minimum Gasteiger partial charge on any atom is -0.394 e. The summed E-state index contributed by atoms with van der Waals surface area (Å²) in [6.07, 6.45) is -6.40. The Bertz CT molecular complexity index is 491. The monoisotopic (exact) mass is 317 g/mol. The fraction of sp³-hybridized carbons (Fsp3) is 0.833. The van der Waals surface area contributed by atoms with Gasteiger partial charge in [0.05, 0.1) is 19.8 Å². The smallest absolute Gasteiger partial charge is 0.324 e. The molecule has 0 radical (unpaired) electrons. The quantitative estimate of drug-likeness (QED) is 0.469. The molecule has 0 aliphatic carbocycles. The van der Waals surface area contributed by atoms with Crippen molar-refractivity contribution in [1.82, 2.24) is 10.1 Å². The average Bonchev–Trinajstić information content (AvgIpc) is 3.04. The lowest BCUT2D eigenvalue weighted by atomic mass is 9.95. The van der Waals surface area contributed by atoms with Crippen molar-refractivity contribution in [1.29, 1.82) is 0 Å². The maximum atomic E-state index is 10.0. The number of aromatic nitrogens is 2. The van der Waals surface area contributed by atoms with E-state index in [0.29, 0.717) is 26.3 Å². The number of morpholine rings is 1. The summed E-state index contributed by atoms with van der Waals surface area (Å²) >= 11 is 0. The minimum atomic E-state index is -1.47. The molecule has 2 saturated heterocycles. The van der Waals surface area contributed by atoms with Gasteiger partial charge in [-0.1, -0.05) is 5.16 Å². The van der Waals surface area contributed by atoms with Crippen LogP contribution in [-0.4, -0.2) is 87.9 Å². The second-order valence-corrected chi connectivity index (χ2v) is 5.28. The van der Waals surface area contributed by atoms with Gasteiger partial charge in [-0.2, -0.15) is 4.98 Å². The number of aliphatic hydroxyl groups is 4. The Hall–Kier alpha value is -1.30. The van der Waals surface area contributed by atoms with Gasteiger partial charge in [-0.3, -0.25) is 0 Å². The molecule has 0 bridgehead atoms. The maximum absolute atomic E-state index is 10.0. The Kier molecular flexibility index (Phi) is 4.57. The van der Waals surface area contributed by atoms with Crippen molar-refractivity contribution in [3.63, 3.8) is 0 Å². The van der Waals surface area contributed by atoms with Gasteiger partial charge in [-0.15, -0.1) is 0 Å². The lowest BCUT2D eigenvalue weighted by molar-refractivity contribution is -0.233. The Morgan fingerprint density at radius 3 is 2.50 bits per heavy atom. The summed E-state index contributed by atoms with van der Waals surface area (Å²) in [5, 5.41) is 42.5. The van der Waals surface area contributed by atoms with Crippen molar-refractivity contribution in [3.8, 4) is 0 Å². The van der Waals surface area contributed by atoms with Gasteiger partial charge < -0.3 is 39.3 Å². The number of nitrogens with zero attached hydrogens (tertiary/aromatic N) is 3. The predicted molar refractivity (Wildman–Crippen MR) is 70.1 cm³/mol. The highest BCUT2D eigenvalue weighted by Gasteiger charge is 2.46. The van der Waals surface area contributed by atoms with E-state index in [-0.39, 0.29) is 11.8 Å². The van der Waals surface area contributed by atoms with Crippen LogP contribution < -0.4 is 4.90 Å². The van der Waals surface area contributed by atoms with E-state index < -0.39 is 37.1 Å². The summed E-state index contributed by atoms with van der Waals surface area (Å²) < 4.78 is 15.8. The fourth-order valence-corrected chi connectivity index (χ4v) is 2.54. The lowest BCUT2D eigenvalue weighted by Crippen LogP contribution is -2.55. The molecule has 2 fully saturated rings. The molecule has 3 rings (SSSR count). The van der Waals surface area contributed by atoms with E-state index in [2.05, 4.69) is 10.1 Å². The van der Waals surface area contributed by atoms with Gasteiger partial charge in [-0.25, -0.2) is 0 Å². The molecule has 0 saturated carbocycles. The van der Waals surface area contributed by atoms with Gasteiger partial charge in [0.25, 0.3) is 0 Å². The highest BCUT2D eigenvalue weighted by molar-refractivity contribution is 5.26. The van der Waals surface area contributed by atoms with Crippen LogP contribution in [0.15, 0.2) is 4.52 Å². The molecule has 124 valence electrons. The van der Waals surface area contributed by atoms with Gasteiger partial charge in [0, 0.05) is 13.1 Å². The largest absolute Gasteiger partial charge is 0.394 e. The normalized spacial score (nSPS) is 36.5. The first-order valence-corrected chi connectivity index (χ1v) is 7.08. The lowest BCUT2D eigenvalue weighted by Gasteiger charge is -2.38. The Labute approximate surface area is 125 Å². The number of aliphatic hydroxyl groups excluding tert-OH is 4. The van der Waals surface area contributed by atoms with Crippen molar-refractivity contribution in [3.05, 3.63) is 5.82 Å². The summed E-state index contributed by atoms with van der Waals surface area (Å²) in [6, 6.07) is 0.273. The van der Waals surface area contributed by atoms with Gasteiger partial charge >= 0.3 is 6.01 Å². The summed E-state index contributed by atoms with van der Waals surface area (Å²) in [6.45, 7) is 1.82. The van der Waals surface area contributed by atoms with Crippen molar-refractivity contribution >= 4 is 6.01 Å². The predicted octanol–water partition coefficient (Wildman–Crippen LogP) is -2.58. The molecule has 1 aromatic heterocycles. The Morgan fingerprint density at radius 2 is 1.82 bits per heavy atom. The SMILES string of the molecule is OC[C@H]1O[C@@H](c2noc(N3CCOCC3)n2)[C@H](O)[C@@H](O)[C@@H]1O. The molecule has 0 aromatic carbocycles. The zero-order chi connectivity index (χ0) is 15.7. The topological polar surface area (TPSA) is 142 Å². The van der Waals surface area contributed by atoms with Crippen molar-refractivity contribution < 1.29 is 34.4 Å². The third-order valence-corrected chi connectivity index (χ3v) is 3.86. The highest BCUT2D eigenvalue weighted by atomic mass is 16.6. The number of rotatable bonds is 3. The van der Waals surface area contributed by atoms with Crippen LogP contribution in [0.2, 0.25) is 0 Å². The molecule has 0 spiro atoms. The molecule has 22 heavy (non-hydrogen) atoms. The number of hydrogen-bond donors (Lipinski definition) is 4. The molecular weight excluding hydrogens is 298 g/mol. The molecule has 5 atom stereocenters. The first kappa shape index (κ1) is 15.6. The molecule has 10 heteroatoms. The maximum Gasteiger partial charge on any atom is 0.324 e. The van der Waals surface area contributed by atoms with E-state index in [0.717, 1.165) is 0 Å². The van der Waals surface area contributed by atoms with E-state index in [4.69, 9.17) is 14.0 Å². The van der Waals surface area contributed by atoms with Gasteiger partial charge in [-0.05, 0) is 0 Å². The van der Waals surface area contributed by atoms with Gasteiger partial charge in [0.1, 0.15) is 30.5 Å². The van der Waals surface area contributed by atoms with E-state index in [1.54, 1.807) is 0 Å². The molecule has 2 aliphatic heterocycles. The number of anilines is 1. The van der Waals surface area contributed by atoms with Crippen LogP contribution in [0.4, 0.5) is 6.01 Å². The van der Waals surface area contributed by atoms with Crippen LogP contribution in [-0.2, 0) is 9.47 Å². The zero-order valence-corrected chi connectivity index (χ0v) is 11.8. The molecule has 1 aromatic rings. The summed E-state index contributed by atoms with van der Waals surface area (Å²) in [5.74, 6) is 0.0541. The summed E-state index contributed by atoms with van der Waals surface area (Å²) in [5.41, 5.74) is 0. The molecule has 0 amide bonds. The third kappa shape index (κ3) is 2.81. The molecule has 0 unspecified atom stereocenters. The average molecular weight is 317 g/mol. The van der Waals surface area contributed by atoms with Gasteiger partial charge in [0.15, 0.2) is 0 Å². The van der Waals surface area contributed by atoms with E-state index in [1.807, 2.05) is 4.90 Å². The van der Waals surface area contributed by atoms with Crippen molar-refractivity contribution in [2.75, 3.05) is 37.8 Å². The molecule has 2 aliphatic rings. The second-order valence-electron chi connectivity index (χ2n) is 5.28. The Morgan fingerprint density at radius 1 is 1.09 bits per heavy atom. The standard InChI is InChI=1S/C12H19N3O7/c16-5-6-7(17)8(18)9(19)10(21-6)11-13-12(22-14-11)15-1-3-20-4-2-15/h6-10,16-19H,1-5H2/t6-,7-,8+,9-,10-/m1/s1. The fourth-order valence-electron chi connectivity index (χ4n) is 2.54. The first-order chi connectivity index (χ1) is 10.6. The summed E-state index contributed by atoms with van der Waals surface area (Å²) in [7, 11) is 0. The van der Waals surface area contributed by atoms with Crippen LogP contribution in [0.25, 0.3) is 0 Å². The van der Waals surface area contributed by atoms with Crippen LogP contribution >= 0.6 is 0 Å². The van der Waals surface area contributed by atoms with Crippen LogP contribution in [0.5, 0.6) is 0 Å². The number of ether oxygens (including phenoxy) is 2. The van der Waals surface area contributed by atoms with Crippen molar-refractivity contribution in [2.24, 2.45) is 0 Å². The second kappa shape index (κ2) is 6.44. The highest BCUT2D eigenvalue weighted by Crippen LogP contribution is 2.31. The van der Waals surface area contributed by atoms with Gasteiger partial charge in [0.2, 0.25) is 5.82 Å². The Balaban J connectivity index is 1.76. The van der Waals surface area contributed by atoms with E-state index in [1.165, 1.54) is 0 Å². The summed E-state index contributed by atoms with van der Waals surface area (Å²) in [4.78, 5) is 6.01. The molecule has 10 nitrogen and oxygen atoms in total. The minimum absolute atomic E-state index is 0.0541. The number of hydrogen-bond acceptors (Lipinski definition) is 10. The van der Waals surface area contributed by atoms with Crippen LogP contribution in [0, 0.1) is 0 Å². The van der Waals surface area contributed by atoms with Crippen LogP contribution in [0.1, 0.15) is 11.9 Å². The van der Waals surface area contributed by atoms with Crippen LogP contribution in [0.3, 0.4) is 0 Å². The molecule has 4 N–H and O–H groups in total. The zero-order valence-electron chi connectivity index (χ0n) is 11.8. The first-order valence-electron chi connectivity index (χ1n) is 7.08. The molecule has 3 heterocycles. The van der Waals surface area contributed by atoms with Crippen molar-refractivity contribution in [2.45, 2.75) is 30.5 Å².